The first-order valence-electron chi connectivity index (χ1n) is 10.1. The van der Waals surface area contributed by atoms with E-state index in [1.165, 1.54) is 28.9 Å². The largest absolute Gasteiger partial charge is 0.368 e. The van der Waals surface area contributed by atoms with Crippen molar-refractivity contribution in [3.05, 3.63) is 76.9 Å². The number of halogens is 1. The molecule has 1 saturated heterocycles. The molecule has 4 rings (SSSR count). The molecular formula is C24H25FN4O. The first-order chi connectivity index (χ1) is 14.4. The minimum Gasteiger partial charge on any atom is -0.368 e. The standard InChI is InChI=1S/C24H25FN4O/c1-16-5-4-6-22(17(16)2)28-11-13-29(14-12-28)24(30)21-15-26-23(27-18(21)3)19-7-9-20(25)10-8-19/h4-10,15H,11-14H2,1-3H3. The number of anilines is 1. The van der Waals surface area contributed by atoms with Crippen LogP contribution in [0.1, 0.15) is 27.2 Å². The first-order valence-corrected chi connectivity index (χ1v) is 10.1. The molecule has 3 aromatic rings. The molecular weight excluding hydrogens is 379 g/mol. The molecule has 0 saturated carbocycles. The molecule has 0 bridgehead atoms. The van der Waals surface area contributed by atoms with Gasteiger partial charge in [-0.15, -0.1) is 0 Å². The molecule has 5 nitrogen and oxygen atoms in total. The van der Waals surface area contributed by atoms with Gasteiger partial charge < -0.3 is 9.80 Å². The lowest BCUT2D eigenvalue weighted by atomic mass is 10.1. The van der Waals surface area contributed by atoms with Gasteiger partial charge in [0.2, 0.25) is 0 Å². The summed E-state index contributed by atoms with van der Waals surface area (Å²) in [6.45, 7) is 8.99. The number of hydrogen-bond donors (Lipinski definition) is 0. The highest BCUT2D eigenvalue weighted by Crippen LogP contribution is 2.24. The molecule has 1 fully saturated rings. The van der Waals surface area contributed by atoms with Crippen LogP contribution in [0.2, 0.25) is 0 Å². The Bertz CT molecular complexity index is 1070. The van der Waals surface area contributed by atoms with Crippen LogP contribution in [0.5, 0.6) is 0 Å². The summed E-state index contributed by atoms with van der Waals surface area (Å²) in [6.07, 6.45) is 1.58. The topological polar surface area (TPSA) is 49.3 Å². The maximum atomic E-state index is 13.1. The fourth-order valence-electron chi connectivity index (χ4n) is 3.81. The number of rotatable bonds is 3. The maximum absolute atomic E-state index is 13.1. The van der Waals surface area contributed by atoms with Crippen LogP contribution in [-0.4, -0.2) is 47.0 Å². The van der Waals surface area contributed by atoms with Gasteiger partial charge in [0.05, 0.1) is 11.3 Å². The number of aryl methyl sites for hydroxylation is 2. The zero-order valence-electron chi connectivity index (χ0n) is 17.5. The highest BCUT2D eigenvalue weighted by atomic mass is 19.1. The summed E-state index contributed by atoms with van der Waals surface area (Å²) in [7, 11) is 0. The number of piperazine rings is 1. The van der Waals surface area contributed by atoms with Crippen molar-refractivity contribution in [1.29, 1.82) is 0 Å². The third-order valence-corrected chi connectivity index (χ3v) is 5.80. The lowest BCUT2D eigenvalue weighted by Crippen LogP contribution is -2.49. The number of carbonyl (C=O) groups is 1. The summed E-state index contributed by atoms with van der Waals surface area (Å²) in [4.78, 5) is 26.1. The molecule has 154 valence electrons. The van der Waals surface area contributed by atoms with Crippen molar-refractivity contribution in [3.63, 3.8) is 0 Å². The van der Waals surface area contributed by atoms with Crippen LogP contribution in [0.4, 0.5) is 10.1 Å². The highest BCUT2D eigenvalue weighted by Gasteiger charge is 2.25. The predicted molar refractivity (Wildman–Crippen MR) is 116 cm³/mol. The summed E-state index contributed by atoms with van der Waals surface area (Å²) in [6, 6.07) is 12.4. The molecule has 0 unspecified atom stereocenters. The zero-order chi connectivity index (χ0) is 21.3. The normalized spacial score (nSPS) is 14.1. The van der Waals surface area contributed by atoms with Gasteiger partial charge in [0.15, 0.2) is 5.82 Å². The summed E-state index contributed by atoms with van der Waals surface area (Å²) in [5.74, 6) is 0.143. The lowest BCUT2D eigenvalue weighted by molar-refractivity contribution is 0.0745. The van der Waals surface area contributed by atoms with E-state index in [2.05, 4.69) is 46.9 Å². The van der Waals surface area contributed by atoms with E-state index in [0.29, 0.717) is 30.2 Å². The Labute approximate surface area is 176 Å². The van der Waals surface area contributed by atoms with Gasteiger partial charge in [0.25, 0.3) is 5.91 Å². The molecule has 1 amide bonds. The molecule has 0 aliphatic carbocycles. The second-order valence-electron chi connectivity index (χ2n) is 7.70. The Morgan fingerprint density at radius 1 is 0.967 bits per heavy atom. The van der Waals surface area contributed by atoms with Gasteiger partial charge in [-0.3, -0.25) is 4.79 Å². The third-order valence-electron chi connectivity index (χ3n) is 5.80. The first kappa shape index (κ1) is 20.0. The van der Waals surface area contributed by atoms with Gasteiger partial charge in [0.1, 0.15) is 5.82 Å². The molecule has 2 aromatic carbocycles. The van der Waals surface area contributed by atoms with Gasteiger partial charge in [-0.05, 0) is 62.2 Å². The average Bonchev–Trinajstić information content (AvgIpc) is 2.76. The van der Waals surface area contributed by atoms with Crippen LogP contribution in [0.25, 0.3) is 11.4 Å². The van der Waals surface area contributed by atoms with Gasteiger partial charge in [0, 0.05) is 43.6 Å². The minimum absolute atomic E-state index is 0.0428. The Kier molecular flexibility index (Phi) is 5.48. The number of amides is 1. The van der Waals surface area contributed by atoms with Crippen molar-refractivity contribution in [3.8, 4) is 11.4 Å². The van der Waals surface area contributed by atoms with Crippen molar-refractivity contribution in [2.75, 3.05) is 31.1 Å². The van der Waals surface area contributed by atoms with Crippen molar-refractivity contribution >= 4 is 11.6 Å². The molecule has 6 heteroatoms. The SMILES string of the molecule is Cc1cccc(N2CCN(C(=O)c3cnc(-c4ccc(F)cc4)nc3C)CC2)c1C. The summed E-state index contributed by atoms with van der Waals surface area (Å²) >= 11 is 0. The number of carbonyl (C=O) groups excluding carboxylic acids is 1. The van der Waals surface area contributed by atoms with E-state index < -0.39 is 0 Å². The second-order valence-corrected chi connectivity index (χ2v) is 7.70. The van der Waals surface area contributed by atoms with Crippen LogP contribution in [0, 0.1) is 26.6 Å². The Balaban J connectivity index is 1.46. The molecule has 0 radical (unpaired) electrons. The van der Waals surface area contributed by atoms with E-state index in [1.807, 2.05) is 11.8 Å². The van der Waals surface area contributed by atoms with Crippen LogP contribution >= 0.6 is 0 Å². The molecule has 0 spiro atoms. The van der Waals surface area contributed by atoms with Crippen molar-refractivity contribution in [2.24, 2.45) is 0 Å². The van der Waals surface area contributed by atoms with E-state index in [-0.39, 0.29) is 11.7 Å². The third kappa shape index (κ3) is 3.90. The average molecular weight is 404 g/mol. The molecule has 0 N–H and O–H groups in total. The van der Waals surface area contributed by atoms with Crippen LogP contribution in [0.15, 0.2) is 48.7 Å². The fourth-order valence-corrected chi connectivity index (χ4v) is 3.81. The summed E-state index contributed by atoms with van der Waals surface area (Å²) in [5, 5.41) is 0. The highest BCUT2D eigenvalue weighted by molar-refractivity contribution is 5.95. The molecule has 1 aromatic heterocycles. The van der Waals surface area contributed by atoms with Crippen LogP contribution in [-0.2, 0) is 0 Å². The van der Waals surface area contributed by atoms with Gasteiger partial charge in [-0.25, -0.2) is 14.4 Å². The lowest BCUT2D eigenvalue weighted by Gasteiger charge is -2.37. The second kappa shape index (κ2) is 8.22. The van der Waals surface area contributed by atoms with Crippen LogP contribution < -0.4 is 4.90 Å². The van der Waals surface area contributed by atoms with Crippen molar-refractivity contribution in [2.45, 2.75) is 20.8 Å². The number of nitrogens with zero attached hydrogens (tertiary/aromatic N) is 4. The van der Waals surface area contributed by atoms with E-state index in [4.69, 9.17) is 0 Å². The van der Waals surface area contributed by atoms with E-state index >= 15 is 0 Å². The van der Waals surface area contributed by atoms with Gasteiger partial charge in [-0.2, -0.15) is 0 Å². The number of aromatic nitrogens is 2. The number of benzene rings is 2. The summed E-state index contributed by atoms with van der Waals surface area (Å²) < 4.78 is 13.1. The van der Waals surface area contributed by atoms with Crippen molar-refractivity contribution < 1.29 is 9.18 Å². The molecule has 1 aliphatic rings. The molecule has 0 atom stereocenters. The van der Waals surface area contributed by atoms with E-state index in [0.717, 1.165) is 18.7 Å². The van der Waals surface area contributed by atoms with Gasteiger partial charge >= 0.3 is 0 Å². The van der Waals surface area contributed by atoms with Crippen molar-refractivity contribution in [1.82, 2.24) is 14.9 Å². The zero-order valence-corrected chi connectivity index (χ0v) is 17.5. The quantitative estimate of drug-likeness (QED) is 0.657. The number of hydrogen-bond acceptors (Lipinski definition) is 4. The van der Waals surface area contributed by atoms with E-state index in [1.54, 1.807) is 18.3 Å². The predicted octanol–water partition coefficient (Wildman–Crippen LogP) is 4.17. The Hall–Kier alpha value is -3.28. The smallest absolute Gasteiger partial charge is 0.257 e. The Morgan fingerprint density at radius 2 is 1.67 bits per heavy atom. The molecule has 2 heterocycles. The van der Waals surface area contributed by atoms with Crippen LogP contribution in [0.3, 0.4) is 0 Å². The summed E-state index contributed by atoms with van der Waals surface area (Å²) in [5.41, 5.74) is 5.68. The molecule has 30 heavy (non-hydrogen) atoms. The fraction of sp³-hybridized carbons (Fsp3) is 0.292. The monoisotopic (exact) mass is 404 g/mol. The molecule has 1 aliphatic heterocycles. The maximum Gasteiger partial charge on any atom is 0.257 e. The van der Waals surface area contributed by atoms with Gasteiger partial charge in [-0.1, -0.05) is 12.1 Å². The minimum atomic E-state index is -0.303. The van der Waals surface area contributed by atoms with E-state index in [9.17, 15) is 9.18 Å². The Morgan fingerprint density at radius 3 is 2.33 bits per heavy atom.